The van der Waals surface area contributed by atoms with E-state index in [0.29, 0.717) is 55.7 Å². The van der Waals surface area contributed by atoms with Crippen molar-refractivity contribution in [3.05, 3.63) is 65.0 Å². The minimum atomic E-state index is -0.756. The van der Waals surface area contributed by atoms with E-state index in [-0.39, 0.29) is 5.57 Å². The van der Waals surface area contributed by atoms with Crippen molar-refractivity contribution in [1.82, 2.24) is 9.88 Å². The molecule has 3 heterocycles. The van der Waals surface area contributed by atoms with E-state index in [2.05, 4.69) is 18.8 Å². The monoisotopic (exact) mass is 479 g/mol. The van der Waals surface area contributed by atoms with Crippen LogP contribution in [0.2, 0.25) is 0 Å². The topological polar surface area (TPSA) is 96.2 Å². The molecule has 1 aromatic heterocycles. The molecule has 0 aliphatic carbocycles. The molecule has 0 bridgehead atoms. The summed E-state index contributed by atoms with van der Waals surface area (Å²) in [6.07, 6.45) is 3.25. The van der Waals surface area contributed by atoms with Crippen molar-refractivity contribution in [2.75, 3.05) is 46.0 Å². The van der Waals surface area contributed by atoms with Crippen molar-refractivity contribution in [2.45, 2.75) is 26.8 Å². The summed E-state index contributed by atoms with van der Waals surface area (Å²) in [7, 11) is 0. The van der Waals surface area contributed by atoms with Gasteiger partial charge < -0.3 is 24.4 Å². The zero-order valence-corrected chi connectivity index (χ0v) is 20.6. The molecule has 35 heavy (non-hydrogen) atoms. The maximum Gasteiger partial charge on any atom is 0.295 e. The minimum Gasteiger partial charge on any atom is -0.872 e. The number of nitrogens with one attached hydrogen (secondary N) is 1. The van der Waals surface area contributed by atoms with Crippen molar-refractivity contribution in [3.63, 3.8) is 0 Å². The fourth-order valence-corrected chi connectivity index (χ4v) is 4.54. The van der Waals surface area contributed by atoms with Crippen LogP contribution in [-0.4, -0.2) is 67.6 Å². The number of Topliss-reactive ketones (excluding diaryl/α,β-unsaturated/α-hetero) is 1. The number of amides is 1. The molecule has 0 saturated carbocycles. The molecule has 2 aromatic rings. The molecule has 0 radical (unpaired) electrons. The summed E-state index contributed by atoms with van der Waals surface area (Å²) in [6, 6.07) is 7.94. The van der Waals surface area contributed by atoms with Gasteiger partial charge in [0.1, 0.15) is 18.8 Å². The number of carbonyl (C=O) groups excluding carboxylic acids is 2. The number of benzene rings is 1. The number of carbonyl (C=O) groups is 2. The van der Waals surface area contributed by atoms with Gasteiger partial charge in [0, 0.05) is 18.0 Å². The Kier molecular flexibility index (Phi) is 7.83. The molecule has 8 nitrogen and oxygen atoms in total. The number of ether oxygens (including phenoxy) is 2. The molecule has 2 saturated heterocycles. The zero-order chi connectivity index (χ0) is 24.9. The van der Waals surface area contributed by atoms with Gasteiger partial charge in [-0.15, -0.1) is 0 Å². The van der Waals surface area contributed by atoms with Crippen molar-refractivity contribution < 1.29 is 29.1 Å². The summed E-state index contributed by atoms with van der Waals surface area (Å²) >= 11 is 0. The Morgan fingerprint density at radius 3 is 2.69 bits per heavy atom. The van der Waals surface area contributed by atoms with Crippen molar-refractivity contribution in [1.29, 1.82) is 0 Å². The van der Waals surface area contributed by atoms with Gasteiger partial charge in [-0.2, -0.15) is 0 Å². The highest BCUT2D eigenvalue weighted by atomic mass is 16.5. The van der Waals surface area contributed by atoms with E-state index in [4.69, 9.17) is 9.47 Å². The standard InChI is InChI=1S/C27H33N3O5/c1-18(2)17-35-22-7-6-20(15-19(22)3)25(31)23-24(21-5-4-8-28-16-21)30(27(33)26(23)32)10-9-29-11-13-34-14-12-29/h4-8,15-16,18,24,31H,9-14,17H2,1-3H3/b25-23+. The summed E-state index contributed by atoms with van der Waals surface area (Å²) in [5.74, 6) is -0.731. The van der Waals surface area contributed by atoms with Crippen LogP contribution in [-0.2, 0) is 14.3 Å². The SMILES string of the molecule is Cc1cc(/C([O-])=C2\C(=O)C(=O)N(CC[NH+]3CCOCC3)C2c2cccnc2)ccc1OCC(C)C. The number of aryl methyl sites for hydroxylation is 1. The van der Waals surface area contributed by atoms with E-state index in [1.807, 2.05) is 6.92 Å². The van der Waals surface area contributed by atoms with Gasteiger partial charge in [0.2, 0.25) is 5.78 Å². The van der Waals surface area contributed by atoms with Crippen molar-refractivity contribution >= 4 is 17.4 Å². The van der Waals surface area contributed by atoms with Gasteiger partial charge in [-0.1, -0.05) is 31.7 Å². The summed E-state index contributed by atoms with van der Waals surface area (Å²) in [5.41, 5.74) is 1.81. The molecule has 1 aromatic carbocycles. The molecule has 8 heteroatoms. The van der Waals surface area contributed by atoms with Crippen LogP contribution in [0.15, 0.2) is 48.3 Å². The summed E-state index contributed by atoms with van der Waals surface area (Å²) in [4.78, 5) is 33.3. The second-order valence-electron chi connectivity index (χ2n) is 9.56. The molecule has 2 aliphatic rings. The highest BCUT2D eigenvalue weighted by molar-refractivity contribution is 6.46. The maximum atomic E-state index is 13.6. The number of ketones is 1. The van der Waals surface area contributed by atoms with Crippen LogP contribution in [0.25, 0.3) is 5.76 Å². The van der Waals surface area contributed by atoms with Crippen LogP contribution in [0.4, 0.5) is 0 Å². The number of pyridine rings is 1. The molecule has 0 spiro atoms. The zero-order valence-electron chi connectivity index (χ0n) is 20.6. The van der Waals surface area contributed by atoms with Crippen LogP contribution in [0.5, 0.6) is 5.75 Å². The lowest BCUT2D eigenvalue weighted by Gasteiger charge is -2.30. The number of quaternary nitrogens is 1. The third kappa shape index (κ3) is 5.55. The van der Waals surface area contributed by atoms with Crippen molar-refractivity contribution in [3.8, 4) is 5.75 Å². The molecule has 1 unspecified atom stereocenters. The van der Waals surface area contributed by atoms with E-state index in [0.717, 1.165) is 18.7 Å². The van der Waals surface area contributed by atoms with E-state index in [1.165, 1.54) is 9.80 Å². The largest absolute Gasteiger partial charge is 0.872 e. The molecule has 1 N–H and O–H groups in total. The summed E-state index contributed by atoms with van der Waals surface area (Å²) in [6.45, 7) is 10.7. The lowest BCUT2D eigenvalue weighted by atomic mass is 9.95. The number of rotatable bonds is 8. The normalized spacial score (nSPS) is 20.6. The van der Waals surface area contributed by atoms with E-state index >= 15 is 0 Å². The predicted molar refractivity (Wildman–Crippen MR) is 129 cm³/mol. The molecular weight excluding hydrogens is 446 g/mol. The Morgan fingerprint density at radius 2 is 2.03 bits per heavy atom. The van der Waals surface area contributed by atoms with Crippen LogP contribution >= 0.6 is 0 Å². The predicted octanol–water partition coefficient (Wildman–Crippen LogP) is 0.564. The van der Waals surface area contributed by atoms with Crippen molar-refractivity contribution in [2.24, 2.45) is 5.92 Å². The number of likely N-dealkylation sites (tertiary alicyclic amines) is 1. The van der Waals surface area contributed by atoms with Gasteiger partial charge >= 0.3 is 0 Å². The Labute approximate surface area is 206 Å². The first kappa shape index (κ1) is 24.9. The second kappa shape index (κ2) is 11.0. The Morgan fingerprint density at radius 1 is 1.26 bits per heavy atom. The maximum absolute atomic E-state index is 13.6. The lowest BCUT2D eigenvalue weighted by Crippen LogP contribution is -3.14. The van der Waals surface area contributed by atoms with Crippen LogP contribution < -0.4 is 14.7 Å². The first-order valence-corrected chi connectivity index (χ1v) is 12.2. The van der Waals surface area contributed by atoms with Crippen LogP contribution in [0.1, 0.15) is 36.6 Å². The van der Waals surface area contributed by atoms with E-state index in [9.17, 15) is 14.7 Å². The van der Waals surface area contributed by atoms with Crippen LogP contribution in [0.3, 0.4) is 0 Å². The molecule has 1 atom stereocenters. The Hall–Kier alpha value is -3.23. The average molecular weight is 480 g/mol. The third-order valence-corrected chi connectivity index (χ3v) is 6.45. The fourth-order valence-electron chi connectivity index (χ4n) is 4.54. The Balaban J connectivity index is 1.67. The van der Waals surface area contributed by atoms with Gasteiger partial charge in [-0.05, 0) is 47.7 Å². The van der Waals surface area contributed by atoms with Gasteiger partial charge in [0.25, 0.3) is 5.91 Å². The second-order valence-corrected chi connectivity index (χ2v) is 9.56. The number of nitrogens with zero attached hydrogens (tertiary/aromatic N) is 2. The average Bonchev–Trinajstić information content (AvgIpc) is 3.12. The van der Waals surface area contributed by atoms with E-state index < -0.39 is 23.5 Å². The Bertz CT molecular complexity index is 1090. The number of hydrogen-bond donors (Lipinski definition) is 1. The lowest BCUT2D eigenvalue weighted by molar-refractivity contribution is -0.907. The molecule has 4 rings (SSSR count). The summed E-state index contributed by atoms with van der Waals surface area (Å²) in [5, 5.41) is 13.6. The van der Waals surface area contributed by atoms with Gasteiger partial charge in [0.15, 0.2) is 0 Å². The fraction of sp³-hybridized carbons (Fsp3) is 0.444. The summed E-state index contributed by atoms with van der Waals surface area (Å²) < 4.78 is 11.2. The number of morpholine rings is 1. The molecule has 1 amide bonds. The van der Waals surface area contributed by atoms with Crippen LogP contribution in [0, 0.1) is 12.8 Å². The number of aromatic nitrogens is 1. The molecule has 186 valence electrons. The minimum absolute atomic E-state index is 0.0183. The quantitative estimate of drug-likeness (QED) is 0.338. The first-order valence-electron chi connectivity index (χ1n) is 12.2. The third-order valence-electron chi connectivity index (χ3n) is 6.45. The van der Waals surface area contributed by atoms with Gasteiger partial charge in [-0.3, -0.25) is 14.6 Å². The molecule has 2 aliphatic heterocycles. The van der Waals surface area contributed by atoms with Gasteiger partial charge in [-0.25, -0.2) is 0 Å². The smallest absolute Gasteiger partial charge is 0.295 e. The first-order chi connectivity index (χ1) is 16.9. The number of hydrogen-bond acceptors (Lipinski definition) is 6. The van der Waals surface area contributed by atoms with Gasteiger partial charge in [0.05, 0.1) is 39.0 Å². The van der Waals surface area contributed by atoms with E-state index in [1.54, 1.807) is 42.7 Å². The molecule has 2 fully saturated rings. The highest BCUT2D eigenvalue weighted by Gasteiger charge is 2.44. The molecular formula is C27H33N3O5. The highest BCUT2D eigenvalue weighted by Crippen LogP contribution is 2.38.